The highest BCUT2D eigenvalue weighted by atomic mass is 16.5. The highest BCUT2D eigenvalue weighted by Gasteiger charge is 2.13. The number of esters is 1. The Morgan fingerprint density at radius 1 is 0.926 bits per heavy atom. The molecule has 3 rings (SSSR count). The topological polar surface area (TPSA) is 35.5 Å². The maximum atomic E-state index is 12.3. The molecule has 0 atom stereocenters. The fourth-order valence-corrected chi connectivity index (χ4v) is 3.64. The SMILES string of the molecule is CCCOc1ccc(C(=O)Oc2ccc(CCC3CCCCC3)cc2)cc1. The largest absolute Gasteiger partial charge is 0.494 e. The molecule has 0 radical (unpaired) electrons. The van der Waals surface area contributed by atoms with E-state index in [9.17, 15) is 4.79 Å². The van der Waals surface area contributed by atoms with Crippen LogP contribution in [-0.4, -0.2) is 12.6 Å². The monoisotopic (exact) mass is 366 g/mol. The molecule has 0 spiro atoms. The molecular formula is C24H30O3. The number of hydrogen-bond acceptors (Lipinski definition) is 3. The molecule has 3 heteroatoms. The lowest BCUT2D eigenvalue weighted by Crippen LogP contribution is -2.09. The van der Waals surface area contributed by atoms with Gasteiger partial charge in [-0.3, -0.25) is 0 Å². The van der Waals surface area contributed by atoms with E-state index in [1.807, 2.05) is 12.1 Å². The number of carbonyl (C=O) groups excluding carboxylic acids is 1. The summed E-state index contributed by atoms with van der Waals surface area (Å²) in [5.74, 6) is 1.91. The summed E-state index contributed by atoms with van der Waals surface area (Å²) in [7, 11) is 0. The highest BCUT2D eigenvalue weighted by molar-refractivity contribution is 5.91. The average Bonchev–Trinajstić information content (AvgIpc) is 2.73. The lowest BCUT2D eigenvalue weighted by atomic mass is 9.85. The highest BCUT2D eigenvalue weighted by Crippen LogP contribution is 2.27. The summed E-state index contributed by atoms with van der Waals surface area (Å²) in [6.45, 7) is 2.74. The van der Waals surface area contributed by atoms with Crippen LogP contribution in [-0.2, 0) is 6.42 Å². The number of hydrogen-bond donors (Lipinski definition) is 0. The lowest BCUT2D eigenvalue weighted by Gasteiger charge is -2.21. The first-order valence-electron chi connectivity index (χ1n) is 10.3. The first-order chi connectivity index (χ1) is 13.2. The molecule has 0 saturated heterocycles. The summed E-state index contributed by atoms with van der Waals surface area (Å²) in [6, 6.07) is 15.0. The normalized spacial score (nSPS) is 14.7. The molecule has 2 aromatic rings. The zero-order chi connectivity index (χ0) is 18.9. The van der Waals surface area contributed by atoms with Gasteiger partial charge in [0.05, 0.1) is 12.2 Å². The molecule has 0 heterocycles. The fourth-order valence-electron chi connectivity index (χ4n) is 3.64. The van der Waals surface area contributed by atoms with Crippen molar-refractivity contribution in [2.45, 2.75) is 58.3 Å². The fraction of sp³-hybridized carbons (Fsp3) is 0.458. The van der Waals surface area contributed by atoms with Gasteiger partial charge in [0.25, 0.3) is 0 Å². The molecule has 0 aromatic heterocycles. The molecular weight excluding hydrogens is 336 g/mol. The van der Waals surface area contributed by atoms with Crippen LogP contribution >= 0.6 is 0 Å². The van der Waals surface area contributed by atoms with Crippen LogP contribution in [0.5, 0.6) is 11.5 Å². The van der Waals surface area contributed by atoms with Crippen molar-refractivity contribution >= 4 is 5.97 Å². The molecule has 0 aliphatic heterocycles. The maximum absolute atomic E-state index is 12.3. The third kappa shape index (κ3) is 6.13. The van der Waals surface area contributed by atoms with Gasteiger partial charge in [-0.1, -0.05) is 51.2 Å². The van der Waals surface area contributed by atoms with E-state index in [1.54, 1.807) is 24.3 Å². The number of rotatable bonds is 8. The Morgan fingerprint density at radius 2 is 1.59 bits per heavy atom. The molecule has 0 N–H and O–H groups in total. The lowest BCUT2D eigenvalue weighted by molar-refractivity contribution is 0.0734. The van der Waals surface area contributed by atoms with Crippen LogP contribution in [0.1, 0.15) is 67.8 Å². The predicted molar refractivity (Wildman–Crippen MR) is 109 cm³/mol. The van der Waals surface area contributed by atoms with Gasteiger partial charge in [-0.15, -0.1) is 0 Å². The minimum absolute atomic E-state index is 0.341. The second-order valence-electron chi connectivity index (χ2n) is 7.45. The molecule has 1 aliphatic rings. The standard InChI is InChI=1S/C24H30O3/c1-2-18-26-22-16-12-21(13-17-22)24(25)27-23-14-10-20(11-15-23)9-8-19-6-4-3-5-7-19/h10-17,19H,2-9,18H2,1H3. The molecule has 1 aliphatic carbocycles. The number of aryl methyl sites for hydroxylation is 1. The van der Waals surface area contributed by atoms with E-state index in [2.05, 4.69) is 19.1 Å². The van der Waals surface area contributed by atoms with Crippen LogP contribution in [0.25, 0.3) is 0 Å². The molecule has 1 saturated carbocycles. The summed E-state index contributed by atoms with van der Waals surface area (Å²) < 4.78 is 11.0. The van der Waals surface area contributed by atoms with Crippen LogP contribution in [0.2, 0.25) is 0 Å². The van der Waals surface area contributed by atoms with Crippen molar-refractivity contribution in [3.05, 3.63) is 59.7 Å². The number of ether oxygens (including phenoxy) is 2. The summed E-state index contributed by atoms with van der Waals surface area (Å²) in [4.78, 5) is 12.3. The molecule has 27 heavy (non-hydrogen) atoms. The first kappa shape index (κ1) is 19.5. The summed E-state index contributed by atoms with van der Waals surface area (Å²) >= 11 is 0. The van der Waals surface area contributed by atoms with E-state index in [0.717, 1.165) is 24.5 Å². The van der Waals surface area contributed by atoms with Crippen LogP contribution in [0.4, 0.5) is 0 Å². The van der Waals surface area contributed by atoms with E-state index in [0.29, 0.717) is 17.9 Å². The van der Waals surface area contributed by atoms with Crippen LogP contribution in [0.3, 0.4) is 0 Å². The molecule has 0 bridgehead atoms. The van der Waals surface area contributed by atoms with Crippen molar-refractivity contribution < 1.29 is 14.3 Å². The van der Waals surface area contributed by atoms with Gasteiger partial charge in [-0.05, 0) is 67.1 Å². The van der Waals surface area contributed by atoms with Crippen LogP contribution in [0.15, 0.2) is 48.5 Å². The van der Waals surface area contributed by atoms with E-state index in [1.165, 1.54) is 44.1 Å². The zero-order valence-corrected chi connectivity index (χ0v) is 16.3. The van der Waals surface area contributed by atoms with Crippen molar-refractivity contribution in [2.24, 2.45) is 5.92 Å². The second-order valence-corrected chi connectivity index (χ2v) is 7.45. The van der Waals surface area contributed by atoms with Gasteiger partial charge in [-0.2, -0.15) is 0 Å². The van der Waals surface area contributed by atoms with Crippen molar-refractivity contribution in [1.29, 1.82) is 0 Å². The quantitative estimate of drug-likeness (QED) is 0.412. The van der Waals surface area contributed by atoms with E-state index in [-0.39, 0.29) is 5.97 Å². The van der Waals surface area contributed by atoms with Crippen molar-refractivity contribution in [2.75, 3.05) is 6.61 Å². The smallest absolute Gasteiger partial charge is 0.343 e. The Balaban J connectivity index is 1.49. The molecule has 0 unspecified atom stereocenters. The summed E-state index contributed by atoms with van der Waals surface area (Å²) in [6.07, 6.45) is 10.3. The summed E-state index contributed by atoms with van der Waals surface area (Å²) in [5.41, 5.74) is 1.85. The summed E-state index contributed by atoms with van der Waals surface area (Å²) in [5, 5.41) is 0. The third-order valence-electron chi connectivity index (χ3n) is 5.26. The Morgan fingerprint density at radius 3 is 2.26 bits per heavy atom. The van der Waals surface area contributed by atoms with Crippen LogP contribution in [0, 0.1) is 5.92 Å². The van der Waals surface area contributed by atoms with Gasteiger partial charge in [-0.25, -0.2) is 4.79 Å². The maximum Gasteiger partial charge on any atom is 0.343 e. The van der Waals surface area contributed by atoms with Gasteiger partial charge < -0.3 is 9.47 Å². The Bertz CT molecular complexity index is 697. The first-order valence-corrected chi connectivity index (χ1v) is 10.3. The van der Waals surface area contributed by atoms with E-state index >= 15 is 0 Å². The Hall–Kier alpha value is -2.29. The van der Waals surface area contributed by atoms with Crippen molar-refractivity contribution in [3.63, 3.8) is 0 Å². The minimum atomic E-state index is -0.341. The van der Waals surface area contributed by atoms with Gasteiger partial charge in [0.15, 0.2) is 0 Å². The predicted octanol–water partition coefficient (Wildman–Crippen LogP) is 6.21. The molecule has 0 amide bonds. The van der Waals surface area contributed by atoms with Gasteiger partial charge in [0.1, 0.15) is 11.5 Å². The Kier molecular flexibility index (Phi) is 7.32. The van der Waals surface area contributed by atoms with Gasteiger partial charge in [0, 0.05) is 0 Å². The molecule has 1 fully saturated rings. The molecule has 144 valence electrons. The van der Waals surface area contributed by atoms with E-state index < -0.39 is 0 Å². The van der Waals surface area contributed by atoms with Gasteiger partial charge in [0.2, 0.25) is 0 Å². The second kappa shape index (κ2) is 10.1. The number of benzene rings is 2. The van der Waals surface area contributed by atoms with E-state index in [4.69, 9.17) is 9.47 Å². The van der Waals surface area contributed by atoms with Crippen molar-refractivity contribution in [1.82, 2.24) is 0 Å². The number of carbonyl (C=O) groups is 1. The minimum Gasteiger partial charge on any atom is -0.494 e. The molecule has 3 nitrogen and oxygen atoms in total. The van der Waals surface area contributed by atoms with Crippen molar-refractivity contribution in [3.8, 4) is 11.5 Å². The average molecular weight is 367 g/mol. The third-order valence-corrected chi connectivity index (χ3v) is 5.26. The zero-order valence-electron chi connectivity index (χ0n) is 16.3. The van der Waals surface area contributed by atoms with Crippen LogP contribution < -0.4 is 9.47 Å². The molecule has 2 aromatic carbocycles. The Labute approximate surface area is 162 Å². The van der Waals surface area contributed by atoms with Gasteiger partial charge >= 0.3 is 5.97 Å².